The zero-order valence-electron chi connectivity index (χ0n) is 19.4. The van der Waals surface area contributed by atoms with Crippen LogP contribution in [0.3, 0.4) is 0 Å². The second-order valence-corrected chi connectivity index (χ2v) is 8.69. The molecule has 0 bridgehead atoms. The molecule has 4 amide bonds. The molecule has 0 spiro atoms. The van der Waals surface area contributed by atoms with Gasteiger partial charge in [0.15, 0.2) is 0 Å². The van der Waals surface area contributed by atoms with Crippen molar-refractivity contribution < 1.29 is 19.3 Å². The van der Waals surface area contributed by atoms with Crippen molar-refractivity contribution in [3.05, 3.63) is 91.3 Å². The Balaban J connectivity index is 1.78. The lowest BCUT2D eigenvalue weighted by Gasteiger charge is -2.26. The van der Waals surface area contributed by atoms with E-state index in [1.54, 1.807) is 55.7 Å². The molecule has 1 aliphatic heterocycles. The van der Waals surface area contributed by atoms with Crippen LogP contribution in [0.15, 0.2) is 48.0 Å². The summed E-state index contributed by atoms with van der Waals surface area (Å²) in [5.74, 6) is -1.60. The summed E-state index contributed by atoms with van der Waals surface area (Å²) in [6.45, 7) is 7.04. The molecule has 3 aromatic rings. The molecule has 35 heavy (non-hydrogen) atoms. The Morgan fingerprint density at radius 3 is 2.26 bits per heavy atom. The third-order valence-electron chi connectivity index (χ3n) is 5.93. The van der Waals surface area contributed by atoms with Crippen LogP contribution in [0.4, 0.5) is 16.2 Å². The minimum absolute atomic E-state index is 0.0114. The van der Waals surface area contributed by atoms with Gasteiger partial charge >= 0.3 is 6.03 Å². The number of halogens is 1. The first-order valence-electron chi connectivity index (χ1n) is 10.6. The Labute approximate surface area is 205 Å². The summed E-state index contributed by atoms with van der Waals surface area (Å²) >= 11 is 6.17. The molecular formula is C25H21ClN4O5. The van der Waals surface area contributed by atoms with Gasteiger partial charge in [0.1, 0.15) is 5.57 Å². The number of benzene rings is 2. The lowest BCUT2D eigenvalue weighted by molar-refractivity contribution is -0.385. The van der Waals surface area contributed by atoms with Crippen LogP contribution in [0.1, 0.15) is 28.1 Å². The predicted molar refractivity (Wildman–Crippen MR) is 132 cm³/mol. The molecule has 0 aliphatic carbocycles. The molecule has 1 aliphatic rings. The number of nitro benzene ring substituents is 1. The van der Waals surface area contributed by atoms with E-state index in [9.17, 15) is 24.5 Å². The molecule has 1 N–H and O–H groups in total. The molecule has 0 unspecified atom stereocenters. The van der Waals surface area contributed by atoms with Gasteiger partial charge in [-0.05, 0) is 69.2 Å². The number of carbonyl (C=O) groups is 3. The number of nitrogens with one attached hydrogen (secondary N) is 1. The van der Waals surface area contributed by atoms with Crippen LogP contribution >= 0.6 is 11.6 Å². The van der Waals surface area contributed by atoms with Crippen LogP contribution in [-0.4, -0.2) is 27.3 Å². The van der Waals surface area contributed by atoms with Gasteiger partial charge in [-0.2, -0.15) is 0 Å². The van der Waals surface area contributed by atoms with Crippen molar-refractivity contribution in [1.82, 2.24) is 9.88 Å². The Hall–Kier alpha value is -4.24. The number of barbiturate groups is 1. The highest BCUT2D eigenvalue weighted by atomic mass is 35.5. The highest BCUT2D eigenvalue weighted by Gasteiger charge is 2.37. The lowest BCUT2D eigenvalue weighted by atomic mass is 10.1. The van der Waals surface area contributed by atoms with Crippen LogP contribution in [0, 0.1) is 37.8 Å². The van der Waals surface area contributed by atoms with E-state index in [1.807, 2.05) is 6.92 Å². The maximum atomic E-state index is 13.2. The number of anilines is 1. The van der Waals surface area contributed by atoms with Gasteiger partial charge in [0, 0.05) is 28.0 Å². The maximum absolute atomic E-state index is 13.2. The number of amides is 4. The van der Waals surface area contributed by atoms with Gasteiger partial charge in [0.05, 0.1) is 16.3 Å². The Kier molecular flexibility index (Phi) is 6.04. The number of carbonyl (C=O) groups excluding carboxylic acids is 3. The number of imide groups is 2. The van der Waals surface area contributed by atoms with Crippen LogP contribution in [-0.2, 0) is 9.59 Å². The first kappa shape index (κ1) is 23.9. The third kappa shape index (κ3) is 4.22. The molecule has 2 heterocycles. The van der Waals surface area contributed by atoms with Crippen molar-refractivity contribution in [2.24, 2.45) is 0 Å². The van der Waals surface area contributed by atoms with Gasteiger partial charge < -0.3 is 4.57 Å². The predicted octanol–water partition coefficient (Wildman–Crippen LogP) is 4.94. The summed E-state index contributed by atoms with van der Waals surface area (Å²) in [6, 6.07) is 10.5. The minimum Gasteiger partial charge on any atom is -0.318 e. The Morgan fingerprint density at radius 1 is 0.943 bits per heavy atom. The zero-order valence-corrected chi connectivity index (χ0v) is 20.1. The summed E-state index contributed by atoms with van der Waals surface area (Å²) < 4.78 is 1.80. The second kappa shape index (κ2) is 8.84. The van der Waals surface area contributed by atoms with Gasteiger partial charge in [-0.1, -0.05) is 23.7 Å². The highest BCUT2D eigenvalue weighted by molar-refractivity contribution is 6.39. The van der Waals surface area contributed by atoms with Crippen molar-refractivity contribution in [1.29, 1.82) is 0 Å². The van der Waals surface area contributed by atoms with E-state index in [2.05, 4.69) is 5.32 Å². The fourth-order valence-electron chi connectivity index (χ4n) is 4.03. The maximum Gasteiger partial charge on any atom is 0.335 e. The number of hydrogen-bond donors (Lipinski definition) is 1. The minimum atomic E-state index is -0.866. The molecule has 0 atom stereocenters. The number of hydrogen-bond acceptors (Lipinski definition) is 5. The summed E-state index contributed by atoms with van der Waals surface area (Å²) in [5, 5.41) is 14.0. The van der Waals surface area contributed by atoms with E-state index in [1.165, 1.54) is 18.2 Å². The average molecular weight is 493 g/mol. The van der Waals surface area contributed by atoms with Gasteiger partial charge in [-0.25, -0.2) is 9.69 Å². The molecular weight excluding hydrogens is 472 g/mol. The quantitative estimate of drug-likeness (QED) is 0.240. The number of urea groups is 1. The molecule has 178 valence electrons. The smallest absolute Gasteiger partial charge is 0.318 e. The zero-order chi connectivity index (χ0) is 25.6. The Bertz CT molecular complexity index is 1470. The number of aryl methyl sites for hydroxylation is 3. The molecule has 4 rings (SSSR count). The van der Waals surface area contributed by atoms with Crippen LogP contribution in [0.5, 0.6) is 0 Å². The van der Waals surface area contributed by atoms with Crippen molar-refractivity contribution in [3.8, 4) is 5.69 Å². The van der Waals surface area contributed by atoms with Crippen molar-refractivity contribution >= 4 is 46.9 Å². The molecule has 0 saturated carbocycles. The Morgan fingerprint density at radius 2 is 1.60 bits per heavy atom. The molecule has 2 aromatic carbocycles. The van der Waals surface area contributed by atoms with Gasteiger partial charge in [-0.3, -0.25) is 25.0 Å². The molecule has 0 radical (unpaired) electrons. The average Bonchev–Trinajstić information content (AvgIpc) is 3.06. The SMILES string of the molecule is Cc1ccc(N2C(=O)NC(=O)C(=Cc3cc(C)n(-c4ccc(C)c([N+](=O)[O-])c4)c3C)C2=O)cc1Cl. The molecule has 1 saturated heterocycles. The fourth-order valence-corrected chi connectivity index (χ4v) is 4.21. The first-order valence-corrected chi connectivity index (χ1v) is 11.0. The number of nitro groups is 1. The van der Waals surface area contributed by atoms with Crippen molar-refractivity contribution in [3.63, 3.8) is 0 Å². The molecule has 1 fully saturated rings. The standard InChI is InChI=1S/C25H21ClN4O5/c1-13-5-7-18(11-21(13)26)29-24(32)20(23(31)27-25(29)33)10-17-9-15(3)28(16(17)4)19-8-6-14(2)22(12-19)30(34)35/h5-12H,1-4H3,(H,27,31,33). The topological polar surface area (TPSA) is 115 Å². The van der Waals surface area contributed by atoms with E-state index in [0.29, 0.717) is 27.5 Å². The fraction of sp³-hybridized carbons (Fsp3) is 0.160. The molecule has 1 aromatic heterocycles. The van der Waals surface area contributed by atoms with Crippen LogP contribution in [0.2, 0.25) is 5.02 Å². The normalized spacial score (nSPS) is 15.1. The van der Waals surface area contributed by atoms with E-state index in [0.717, 1.165) is 16.2 Å². The second-order valence-electron chi connectivity index (χ2n) is 8.28. The summed E-state index contributed by atoms with van der Waals surface area (Å²) in [6.07, 6.45) is 1.41. The monoisotopic (exact) mass is 492 g/mol. The lowest BCUT2D eigenvalue weighted by Crippen LogP contribution is -2.54. The van der Waals surface area contributed by atoms with E-state index in [-0.39, 0.29) is 16.9 Å². The number of aromatic nitrogens is 1. The molecule has 9 nitrogen and oxygen atoms in total. The van der Waals surface area contributed by atoms with E-state index in [4.69, 9.17) is 11.6 Å². The summed E-state index contributed by atoms with van der Waals surface area (Å²) in [7, 11) is 0. The van der Waals surface area contributed by atoms with Crippen molar-refractivity contribution in [2.45, 2.75) is 27.7 Å². The largest absolute Gasteiger partial charge is 0.335 e. The third-order valence-corrected chi connectivity index (χ3v) is 6.34. The first-order chi connectivity index (χ1) is 16.5. The van der Waals surface area contributed by atoms with Gasteiger partial charge in [0.25, 0.3) is 17.5 Å². The molecule has 10 heteroatoms. The van der Waals surface area contributed by atoms with E-state index >= 15 is 0 Å². The number of rotatable bonds is 4. The summed E-state index contributed by atoms with van der Waals surface area (Å²) in [4.78, 5) is 50.1. The van der Waals surface area contributed by atoms with Gasteiger partial charge in [0.2, 0.25) is 0 Å². The highest BCUT2D eigenvalue weighted by Crippen LogP contribution is 2.29. The van der Waals surface area contributed by atoms with Crippen molar-refractivity contribution in [2.75, 3.05) is 4.90 Å². The van der Waals surface area contributed by atoms with E-state index < -0.39 is 22.8 Å². The number of nitrogens with zero attached hydrogens (tertiary/aromatic N) is 3. The van der Waals surface area contributed by atoms with Crippen LogP contribution < -0.4 is 10.2 Å². The van der Waals surface area contributed by atoms with Crippen LogP contribution in [0.25, 0.3) is 11.8 Å². The van der Waals surface area contributed by atoms with Gasteiger partial charge in [-0.15, -0.1) is 0 Å². The summed E-state index contributed by atoms with van der Waals surface area (Å²) in [5.41, 5.74) is 3.85.